The van der Waals surface area contributed by atoms with Gasteiger partial charge in [-0.15, -0.1) is 0 Å². The van der Waals surface area contributed by atoms with Gasteiger partial charge in [0.1, 0.15) is 0 Å². The molecule has 4 heteroatoms. The van der Waals surface area contributed by atoms with E-state index < -0.39 is 5.41 Å². The molecule has 2 aromatic heterocycles. The SMILES string of the molecule is CC(C)(C)c1ccc2c3ccc4cc3n(c2c1)-c1cc(c(C#N)cc1-n1c2ccccc2c2ccccc21)-c1cc(C#N)cc(c1)C4(C)C. The largest absolute Gasteiger partial charge is 0.307 e. The summed E-state index contributed by atoms with van der Waals surface area (Å²) in [5, 5.41) is 25.7. The third-order valence-corrected chi connectivity index (χ3v) is 10.7. The van der Waals surface area contributed by atoms with Gasteiger partial charge in [0.2, 0.25) is 0 Å². The first-order valence-electron chi connectivity index (χ1n) is 16.8. The molecule has 0 aliphatic carbocycles. The molecule has 49 heavy (non-hydrogen) atoms. The number of hydrogen-bond acceptors (Lipinski definition) is 2. The molecule has 3 heterocycles. The molecule has 0 N–H and O–H groups in total. The molecule has 1 aliphatic heterocycles. The Kier molecular flexibility index (Phi) is 5.91. The summed E-state index contributed by atoms with van der Waals surface area (Å²) in [6.45, 7) is 11.2. The van der Waals surface area contributed by atoms with E-state index in [0.29, 0.717) is 11.1 Å². The van der Waals surface area contributed by atoms with Crippen LogP contribution in [-0.4, -0.2) is 9.13 Å². The van der Waals surface area contributed by atoms with Crippen molar-refractivity contribution in [2.45, 2.75) is 45.4 Å². The van der Waals surface area contributed by atoms with Gasteiger partial charge in [-0.2, -0.15) is 10.5 Å². The average Bonchev–Trinajstić information content (AvgIpc) is 3.62. The van der Waals surface area contributed by atoms with E-state index in [2.05, 4.69) is 159 Å². The molecule has 0 saturated carbocycles. The maximum Gasteiger partial charge on any atom is 0.0998 e. The molecule has 1 aliphatic rings. The van der Waals surface area contributed by atoms with Crippen LogP contribution < -0.4 is 0 Å². The first kappa shape index (κ1) is 29.1. The van der Waals surface area contributed by atoms with Crippen LogP contribution in [-0.2, 0) is 10.8 Å². The summed E-state index contributed by atoms with van der Waals surface area (Å²) >= 11 is 0. The van der Waals surface area contributed by atoms with Crippen LogP contribution in [0.5, 0.6) is 0 Å². The molecule has 0 unspecified atom stereocenters. The molecule has 0 atom stereocenters. The van der Waals surface area contributed by atoms with Crippen LogP contribution in [0.15, 0.2) is 115 Å². The molecule has 9 rings (SSSR count). The van der Waals surface area contributed by atoms with Gasteiger partial charge in [-0.3, -0.25) is 0 Å². The van der Waals surface area contributed by atoms with Gasteiger partial charge < -0.3 is 9.13 Å². The summed E-state index contributed by atoms with van der Waals surface area (Å²) < 4.78 is 4.74. The molecule has 234 valence electrons. The number of nitrogens with zero attached hydrogens (tertiary/aromatic N) is 4. The predicted octanol–water partition coefficient (Wildman–Crippen LogP) is 11.2. The van der Waals surface area contributed by atoms with E-state index in [-0.39, 0.29) is 5.41 Å². The monoisotopic (exact) mass is 630 g/mol. The number of hydrogen-bond donors (Lipinski definition) is 0. The fraction of sp³-hybridized carbons (Fsp3) is 0.156. The molecule has 6 bridgehead atoms. The third-order valence-electron chi connectivity index (χ3n) is 10.7. The summed E-state index contributed by atoms with van der Waals surface area (Å²) in [7, 11) is 0. The minimum absolute atomic E-state index is 0.0517. The molecular weight excluding hydrogens is 597 g/mol. The second kappa shape index (κ2) is 9.96. The summed E-state index contributed by atoms with van der Waals surface area (Å²) in [6, 6.07) is 46.0. The molecule has 0 radical (unpaired) electrons. The van der Waals surface area contributed by atoms with Gasteiger partial charge >= 0.3 is 0 Å². The highest BCUT2D eigenvalue weighted by Crippen LogP contribution is 2.45. The van der Waals surface area contributed by atoms with Crippen molar-refractivity contribution in [1.29, 1.82) is 10.5 Å². The molecule has 0 saturated heterocycles. The van der Waals surface area contributed by atoms with E-state index in [9.17, 15) is 10.5 Å². The maximum atomic E-state index is 10.8. The van der Waals surface area contributed by atoms with Gasteiger partial charge in [-0.05, 0) is 76.2 Å². The van der Waals surface area contributed by atoms with Crippen molar-refractivity contribution < 1.29 is 0 Å². The molecule has 8 aromatic rings. The van der Waals surface area contributed by atoms with Gasteiger partial charge in [-0.25, -0.2) is 0 Å². The van der Waals surface area contributed by atoms with Crippen molar-refractivity contribution in [3.05, 3.63) is 143 Å². The topological polar surface area (TPSA) is 57.4 Å². The number of aromatic nitrogens is 2. The lowest BCUT2D eigenvalue weighted by atomic mass is 9.76. The molecule has 0 spiro atoms. The molecule has 4 nitrogen and oxygen atoms in total. The maximum absolute atomic E-state index is 10.8. The van der Waals surface area contributed by atoms with Crippen LogP contribution in [0, 0.1) is 22.7 Å². The van der Waals surface area contributed by atoms with Crippen molar-refractivity contribution in [2.75, 3.05) is 0 Å². The fourth-order valence-corrected chi connectivity index (χ4v) is 7.96. The minimum atomic E-state index is -0.410. The van der Waals surface area contributed by atoms with Crippen LogP contribution >= 0.6 is 0 Å². The minimum Gasteiger partial charge on any atom is -0.307 e. The van der Waals surface area contributed by atoms with Gasteiger partial charge in [-0.1, -0.05) is 101 Å². The van der Waals surface area contributed by atoms with Crippen molar-refractivity contribution in [3.63, 3.8) is 0 Å². The van der Waals surface area contributed by atoms with Crippen LogP contribution in [0.1, 0.15) is 62.4 Å². The Bertz CT molecular complexity index is 2750. The highest BCUT2D eigenvalue weighted by atomic mass is 15.1. The number of nitriles is 2. The van der Waals surface area contributed by atoms with Crippen molar-refractivity contribution in [3.8, 4) is 34.6 Å². The van der Waals surface area contributed by atoms with E-state index in [1.54, 1.807) is 0 Å². The first-order chi connectivity index (χ1) is 23.6. The van der Waals surface area contributed by atoms with Crippen LogP contribution in [0.4, 0.5) is 0 Å². The Morgan fingerprint density at radius 3 is 1.80 bits per heavy atom. The smallest absolute Gasteiger partial charge is 0.0998 e. The van der Waals surface area contributed by atoms with E-state index in [4.69, 9.17) is 0 Å². The number of para-hydroxylation sites is 2. The quantitative estimate of drug-likeness (QED) is 0.181. The average molecular weight is 631 g/mol. The van der Waals surface area contributed by atoms with Gasteiger partial charge in [0, 0.05) is 32.5 Å². The fourth-order valence-electron chi connectivity index (χ4n) is 7.96. The van der Waals surface area contributed by atoms with Gasteiger partial charge in [0.05, 0.1) is 56.7 Å². The first-order valence-corrected chi connectivity index (χ1v) is 16.8. The number of fused-ring (bicyclic) bond motifs is 13. The van der Waals surface area contributed by atoms with E-state index >= 15 is 0 Å². The lowest BCUT2D eigenvalue weighted by Crippen LogP contribution is -2.19. The third kappa shape index (κ3) is 4.08. The number of benzene rings is 6. The lowest BCUT2D eigenvalue weighted by Gasteiger charge is -2.27. The zero-order chi connectivity index (χ0) is 33.8. The standard InChI is InChI=1S/C45H34N4/c1-44(2,3)30-14-16-35-36-17-15-31-23-41(36)49(40(35)22-30)43-24-37(28-18-27(25-46)19-32(20-28)45(31,4)5)29(26-47)21-42(43)48-38-12-8-6-10-33(38)34-11-7-9-13-39(34)48/h6-24H,1-5H3. The summed E-state index contributed by atoms with van der Waals surface area (Å²) in [4.78, 5) is 0. The van der Waals surface area contributed by atoms with Crippen LogP contribution in [0.2, 0.25) is 0 Å². The van der Waals surface area contributed by atoms with E-state index in [1.807, 2.05) is 12.1 Å². The Morgan fingerprint density at radius 2 is 1.14 bits per heavy atom. The Labute approximate surface area is 285 Å². The summed E-state index contributed by atoms with van der Waals surface area (Å²) in [6.07, 6.45) is 0. The van der Waals surface area contributed by atoms with Crippen molar-refractivity contribution >= 4 is 43.6 Å². The van der Waals surface area contributed by atoms with Crippen molar-refractivity contribution in [2.24, 2.45) is 0 Å². The number of rotatable bonds is 1. The van der Waals surface area contributed by atoms with E-state index in [0.717, 1.165) is 66.5 Å². The summed E-state index contributed by atoms with van der Waals surface area (Å²) in [5.41, 5.74) is 12.1. The Hall–Kier alpha value is -6.10. The highest BCUT2D eigenvalue weighted by molar-refractivity contribution is 6.12. The predicted molar refractivity (Wildman–Crippen MR) is 201 cm³/mol. The zero-order valence-corrected chi connectivity index (χ0v) is 28.3. The normalized spacial score (nSPS) is 13.5. The van der Waals surface area contributed by atoms with Gasteiger partial charge in [0.25, 0.3) is 0 Å². The Morgan fingerprint density at radius 1 is 0.551 bits per heavy atom. The van der Waals surface area contributed by atoms with Gasteiger partial charge in [0.15, 0.2) is 0 Å². The van der Waals surface area contributed by atoms with Crippen molar-refractivity contribution in [1.82, 2.24) is 9.13 Å². The van der Waals surface area contributed by atoms with Crippen LogP contribution in [0.25, 0.3) is 66.1 Å². The second-order valence-corrected chi connectivity index (χ2v) is 15.0. The molecule has 6 aromatic carbocycles. The Balaban J connectivity index is 1.55. The molecule has 0 amide bonds. The highest BCUT2D eigenvalue weighted by Gasteiger charge is 2.29. The second-order valence-electron chi connectivity index (χ2n) is 15.0. The molecular formula is C45H34N4. The lowest BCUT2D eigenvalue weighted by molar-refractivity contribution is 0.591. The summed E-state index contributed by atoms with van der Waals surface area (Å²) in [5.74, 6) is 0. The van der Waals surface area contributed by atoms with Crippen LogP contribution in [0.3, 0.4) is 0 Å². The zero-order valence-electron chi connectivity index (χ0n) is 28.3. The molecule has 0 fully saturated rings. The van der Waals surface area contributed by atoms with E-state index in [1.165, 1.54) is 16.3 Å².